The summed E-state index contributed by atoms with van der Waals surface area (Å²) >= 11 is 0. The van der Waals surface area contributed by atoms with E-state index in [4.69, 9.17) is 15.8 Å². The van der Waals surface area contributed by atoms with Gasteiger partial charge in [0.15, 0.2) is 0 Å². The molecule has 0 fully saturated rings. The maximum Gasteiger partial charge on any atom is 0.250 e. The molecule has 0 aliphatic carbocycles. The molecule has 0 bridgehead atoms. The number of hydrogen-bond acceptors (Lipinski definition) is 4. The maximum absolute atomic E-state index is 11.2. The Bertz CT molecular complexity index is 424. The van der Waals surface area contributed by atoms with E-state index in [9.17, 15) is 4.79 Å². The van der Waals surface area contributed by atoms with E-state index in [0.717, 1.165) is 0 Å². The van der Waals surface area contributed by atoms with Gasteiger partial charge in [-0.3, -0.25) is 4.79 Å². The van der Waals surface area contributed by atoms with Gasteiger partial charge < -0.3 is 5.32 Å². The summed E-state index contributed by atoms with van der Waals surface area (Å²) in [6.45, 7) is 4.88. The number of rotatable bonds is 3. The van der Waals surface area contributed by atoms with Gasteiger partial charge in [0, 0.05) is 5.57 Å². The van der Waals surface area contributed by atoms with Crippen molar-refractivity contribution in [2.24, 2.45) is 0 Å². The fourth-order valence-corrected chi connectivity index (χ4v) is 0.678. The largest absolute Gasteiger partial charge is 0.323 e. The number of nitrogens with one attached hydrogen (secondary N) is 1. The molecule has 0 spiro atoms. The molecule has 5 nitrogen and oxygen atoms in total. The van der Waals surface area contributed by atoms with E-state index in [1.807, 2.05) is 0 Å². The first-order valence-electron chi connectivity index (χ1n) is 3.94. The van der Waals surface area contributed by atoms with Crippen LogP contribution < -0.4 is 5.32 Å². The second kappa shape index (κ2) is 5.96. The zero-order valence-corrected chi connectivity index (χ0v) is 8.16. The summed E-state index contributed by atoms with van der Waals surface area (Å²) in [7, 11) is 0. The third kappa shape index (κ3) is 3.76. The standard InChI is InChI=1S/C10H8N4O/c1-7(2)10(15)14-9(3-4-11)8(5-12)6-13/h1,3H2,2H3,(H,14,15). The maximum atomic E-state index is 11.2. The number of carbonyl (C=O) groups is 1. The Balaban J connectivity index is 5.05. The second-order valence-corrected chi connectivity index (χ2v) is 2.65. The molecule has 0 heterocycles. The number of nitrogens with zero attached hydrogens (tertiary/aromatic N) is 3. The van der Waals surface area contributed by atoms with Gasteiger partial charge in [0.2, 0.25) is 0 Å². The predicted octanol–water partition coefficient (Wildman–Crippen LogP) is 0.894. The Morgan fingerprint density at radius 2 is 1.87 bits per heavy atom. The van der Waals surface area contributed by atoms with E-state index in [1.54, 1.807) is 18.2 Å². The summed E-state index contributed by atoms with van der Waals surface area (Å²) in [6, 6.07) is 4.96. The molecule has 5 heteroatoms. The van der Waals surface area contributed by atoms with Gasteiger partial charge in [-0.15, -0.1) is 0 Å². The Kier molecular flexibility index (Phi) is 4.94. The van der Waals surface area contributed by atoms with Gasteiger partial charge in [-0.1, -0.05) is 6.58 Å². The third-order valence-corrected chi connectivity index (χ3v) is 1.43. The Hall–Kier alpha value is -2.58. The van der Waals surface area contributed by atoms with E-state index in [2.05, 4.69) is 11.9 Å². The van der Waals surface area contributed by atoms with E-state index < -0.39 is 5.91 Å². The lowest BCUT2D eigenvalue weighted by atomic mass is 10.2. The normalized spacial score (nSPS) is 7.60. The smallest absolute Gasteiger partial charge is 0.250 e. The van der Waals surface area contributed by atoms with Gasteiger partial charge in [0.1, 0.15) is 17.7 Å². The van der Waals surface area contributed by atoms with Crippen LogP contribution in [0.15, 0.2) is 23.4 Å². The quantitative estimate of drug-likeness (QED) is 0.540. The molecular formula is C10H8N4O. The highest BCUT2D eigenvalue weighted by Gasteiger charge is 2.10. The van der Waals surface area contributed by atoms with Crippen molar-refractivity contribution in [1.82, 2.24) is 5.32 Å². The molecule has 0 aromatic carbocycles. The molecular weight excluding hydrogens is 192 g/mol. The molecule has 1 amide bonds. The third-order valence-electron chi connectivity index (χ3n) is 1.43. The molecule has 0 saturated heterocycles. The van der Waals surface area contributed by atoms with Crippen molar-refractivity contribution in [3.05, 3.63) is 23.4 Å². The first-order chi connectivity index (χ1) is 7.06. The van der Waals surface area contributed by atoms with Crippen molar-refractivity contribution in [3.8, 4) is 18.2 Å². The van der Waals surface area contributed by atoms with Crippen molar-refractivity contribution in [2.75, 3.05) is 0 Å². The fourth-order valence-electron chi connectivity index (χ4n) is 0.678. The van der Waals surface area contributed by atoms with E-state index in [-0.39, 0.29) is 23.3 Å². The topological polar surface area (TPSA) is 100 Å². The van der Waals surface area contributed by atoms with Gasteiger partial charge >= 0.3 is 0 Å². The number of amides is 1. The molecule has 74 valence electrons. The molecule has 0 aliphatic rings. The minimum absolute atomic E-state index is 0.00972. The van der Waals surface area contributed by atoms with Crippen LogP contribution in [0.4, 0.5) is 0 Å². The Morgan fingerprint density at radius 3 is 2.20 bits per heavy atom. The Labute approximate surface area is 87.5 Å². The average Bonchev–Trinajstić information content (AvgIpc) is 2.19. The van der Waals surface area contributed by atoms with Gasteiger partial charge in [-0.05, 0) is 6.92 Å². The van der Waals surface area contributed by atoms with Crippen LogP contribution in [0.3, 0.4) is 0 Å². The summed E-state index contributed by atoms with van der Waals surface area (Å²) in [6.07, 6.45) is -0.199. The minimum Gasteiger partial charge on any atom is -0.323 e. The molecule has 0 unspecified atom stereocenters. The highest BCUT2D eigenvalue weighted by Crippen LogP contribution is 2.04. The van der Waals surface area contributed by atoms with Crippen LogP contribution in [0, 0.1) is 34.0 Å². The molecule has 15 heavy (non-hydrogen) atoms. The predicted molar refractivity (Wildman–Crippen MR) is 51.4 cm³/mol. The molecule has 0 aromatic heterocycles. The molecule has 0 aromatic rings. The highest BCUT2D eigenvalue weighted by molar-refractivity contribution is 5.93. The van der Waals surface area contributed by atoms with E-state index in [0.29, 0.717) is 0 Å². The zero-order chi connectivity index (χ0) is 11.8. The lowest BCUT2D eigenvalue weighted by Gasteiger charge is -2.05. The van der Waals surface area contributed by atoms with E-state index >= 15 is 0 Å². The van der Waals surface area contributed by atoms with Crippen molar-refractivity contribution in [1.29, 1.82) is 15.8 Å². The van der Waals surface area contributed by atoms with Crippen molar-refractivity contribution in [2.45, 2.75) is 13.3 Å². The summed E-state index contributed by atoms with van der Waals surface area (Å²) in [4.78, 5) is 11.2. The van der Waals surface area contributed by atoms with Gasteiger partial charge in [-0.2, -0.15) is 15.8 Å². The summed E-state index contributed by atoms with van der Waals surface area (Å²) in [5.74, 6) is -0.511. The first-order valence-corrected chi connectivity index (χ1v) is 3.94. The Morgan fingerprint density at radius 1 is 1.33 bits per heavy atom. The van der Waals surface area contributed by atoms with Gasteiger partial charge in [0.05, 0.1) is 18.2 Å². The number of hydrogen-bond donors (Lipinski definition) is 1. The zero-order valence-electron chi connectivity index (χ0n) is 8.16. The number of nitriles is 3. The van der Waals surface area contributed by atoms with Crippen molar-refractivity contribution >= 4 is 5.91 Å². The lowest BCUT2D eigenvalue weighted by Crippen LogP contribution is -2.24. The molecule has 1 N–H and O–H groups in total. The number of carbonyl (C=O) groups excluding carboxylic acids is 1. The van der Waals surface area contributed by atoms with Gasteiger partial charge in [0.25, 0.3) is 5.91 Å². The molecule has 0 rings (SSSR count). The van der Waals surface area contributed by atoms with Crippen LogP contribution in [0.5, 0.6) is 0 Å². The van der Waals surface area contributed by atoms with Crippen LogP contribution in [-0.2, 0) is 4.79 Å². The molecule has 0 aliphatic heterocycles. The summed E-state index contributed by atoms with van der Waals surface area (Å²) in [5, 5.41) is 27.9. The fraction of sp³-hybridized carbons (Fsp3) is 0.200. The highest BCUT2D eigenvalue weighted by atomic mass is 16.1. The van der Waals surface area contributed by atoms with E-state index in [1.165, 1.54) is 6.92 Å². The monoisotopic (exact) mass is 200 g/mol. The molecule has 0 atom stereocenters. The van der Waals surface area contributed by atoms with Crippen LogP contribution in [0.2, 0.25) is 0 Å². The van der Waals surface area contributed by atoms with Crippen LogP contribution in [-0.4, -0.2) is 5.91 Å². The lowest BCUT2D eigenvalue weighted by molar-refractivity contribution is -0.116. The average molecular weight is 200 g/mol. The SMILES string of the molecule is C=C(C)C(=O)NC(CC#N)=C(C#N)C#N. The van der Waals surface area contributed by atoms with Crippen molar-refractivity contribution in [3.63, 3.8) is 0 Å². The van der Waals surface area contributed by atoms with Gasteiger partial charge in [-0.25, -0.2) is 0 Å². The molecule has 0 saturated carbocycles. The summed E-state index contributed by atoms with van der Waals surface area (Å²) in [5.41, 5.74) is -0.0256. The van der Waals surface area contributed by atoms with Crippen molar-refractivity contribution < 1.29 is 4.79 Å². The second-order valence-electron chi connectivity index (χ2n) is 2.65. The number of allylic oxidation sites excluding steroid dienone is 2. The minimum atomic E-state index is -0.511. The molecule has 0 radical (unpaired) electrons. The summed E-state index contributed by atoms with van der Waals surface area (Å²) < 4.78 is 0. The first kappa shape index (κ1) is 12.4. The van der Waals surface area contributed by atoms with Crippen LogP contribution in [0.1, 0.15) is 13.3 Å². The van der Waals surface area contributed by atoms with Crippen LogP contribution >= 0.6 is 0 Å². The van der Waals surface area contributed by atoms with Crippen LogP contribution in [0.25, 0.3) is 0 Å².